The van der Waals surface area contributed by atoms with Gasteiger partial charge in [0.1, 0.15) is 5.75 Å². The molecule has 0 radical (unpaired) electrons. The molecule has 0 saturated heterocycles. The van der Waals surface area contributed by atoms with Crippen molar-refractivity contribution in [2.75, 3.05) is 0 Å². The Labute approximate surface area is 111 Å². The maximum atomic E-state index is 5.76. The third-order valence-corrected chi connectivity index (χ3v) is 3.50. The number of fused-ring (bicyclic) bond motifs is 1. The van der Waals surface area contributed by atoms with E-state index in [1.807, 2.05) is 12.1 Å². The first-order valence-electron chi connectivity index (χ1n) is 5.86. The van der Waals surface area contributed by atoms with Gasteiger partial charge in [-0.15, -0.1) is 10.2 Å². The van der Waals surface area contributed by atoms with Crippen molar-refractivity contribution in [1.82, 2.24) is 10.2 Å². The van der Waals surface area contributed by atoms with Crippen molar-refractivity contribution in [3.63, 3.8) is 0 Å². The smallest absolute Gasteiger partial charge is 0.238 e. The van der Waals surface area contributed by atoms with Crippen LogP contribution in [0.4, 0.5) is 0 Å². The van der Waals surface area contributed by atoms with Crippen LogP contribution in [0.2, 0.25) is 5.15 Å². The van der Waals surface area contributed by atoms with Gasteiger partial charge in [-0.1, -0.05) is 37.6 Å². The highest BCUT2D eigenvalue weighted by Gasteiger charge is 2.36. The van der Waals surface area contributed by atoms with Crippen LogP contribution in [0.5, 0.6) is 11.6 Å². The van der Waals surface area contributed by atoms with Crippen LogP contribution in [-0.4, -0.2) is 10.2 Å². The first-order chi connectivity index (χ1) is 8.56. The van der Waals surface area contributed by atoms with Gasteiger partial charge in [0.05, 0.1) is 0 Å². The quantitative estimate of drug-likeness (QED) is 0.825. The average Bonchev–Trinajstić information content (AvgIpc) is 2.33. The molecule has 1 heterocycles. The van der Waals surface area contributed by atoms with Crippen LogP contribution in [0.3, 0.4) is 0 Å². The van der Waals surface area contributed by atoms with E-state index in [1.165, 1.54) is 11.1 Å². The lowest BCUT2D eigenvalue weighted by Gasteiger charge is -2.38. The molecule has 0 spiro atoms. The number of halogens is 1. The molecular weight excluding hydrogens is 248 g/mol. The molecule has 0 aliphatic heterocycles. The van der Waals surface area contributed by atoms with Gasteiger partial charge < -0.3 is 4.74 Å². The fourth-order valence-electron chi connectivity index (χ4n) is 2.38. The van der Waals surface area contributed by atoms with E-state index in [4.69, 9.17) is 16.3 Å². The Morgan fingerprint density at radius 3 is 2.67 bits per heavy atom. The molecular formula is C14H13ClN2O. The number of hydrogen-bond acceptors (Lipinski definition) is 3. The number of benzene rings is 1. The van der Waals surface area contributed by atoms with Crippen LogP contribution in [0.1, 0.15) is 25.0 Å². The van der Waals surface area contributed by atoms with E-state index in [-0.39, 0.29) is 5.41 Å². The average molecular weight is 261 g/mol. The molecule has 0 unspecified atom stereocenters. The van der Waals surface area contributed by atoms with Gasteiger partial charge in [0.25, 0.3) is 0 Å². The molecule has 0 N–H and O–H groups in total. The van der Waals surface area contributed by atoms with E-state index in [1.54, 1.807) is 12.1 Å². The topological polar surface area (TPSA) is 35.0 Å². The molecule has 0 atom stereocenters. The summed E-state index contributed by atoms with van der Waals surface area (Å²) in [6.45, 7) is 4.47. The monoisotopic (exact) mass is 260 g/mol. The highest BCUT2D eigenvalue weighted by molar-refractivity contribution is 6.29. The SMILES string of the molecule is CC1(C)Cc2c(Oc3ccc(Cl)nn3)cccc21. The standard InChI is InChI=1S/C14H13ClN2O/c1-14(2)8-9-10(14)4-3-5-11(9)18-13-7-6-12(15)16-17-13/h3-7H,8H2,1-2H3. The maximum Gasteiger partial charge on any atom is 0.238 e. The van der Waals surface area contributed by atoms with Crippen molar-refractivity contribution in [2.24, 2.45) is 0 Å². The molecule has 1 aliphatic rings. The number of ether oxygens (including phenoxy) is 1. The summed E-state index contributed by atoms with van der Waals surface area (Å²) in [5, 5.41) is 8.03. The number of rotatable bonds is 2. The van der Waals surface area contributed by atoms with Crippen LogP contribution in [0.15, 0.2) is 30.3 Å². The van der Waals surface area contributed by atoms with E-state index in [9.17, 15) is 0 Å². The van der Waals surface area contributed by atoms with E-state index >= 15 is 0 Å². The Bertz CT molecular complexity index is 593. The van der Waals surface area contributed by atoms with Gasteiger partial charge in [0.2, 0.25) is 5.88 Å². The number of nitrogens with zero attached hydrogens (tertiary/aromatic N) is 2. The predicted octanol–water partition coefficient (Wildman–Crippen LogP) is 3.76. The molecule has 0 bridgehead atoms. The predicted molar refractivity (Wildman–Crippen MR) is 70.3 cm³/mol. The lowest BCUT2D eigenvalue weighted by atomic mass is 9.66. The van der Waals surface area contributed by atoms with E-state index in [2.05, 4.69) is 30.1 Å². The first kappa shape index (κ1) is 11.5. The minimum absolute atomic E-state index is 0.250. The summed E-state index contributed by atoms with van der Waals surface area (Å²) < 4.78 is 5.76. The lowest BCUT2D eigenvalue weighted by molar-refractivity contribution is 0.403. The summed E-state index contributed by atoms with van der Waals surface area (Å²) in [5.41, 5.74) is 2.86. The van der Waals surface area contributed by atoms with Crippen LogP contribution < -0.4 is 4.74 Å². The summed E-state index contributed by atoms with van der Waals surface area (Å²) in [6, 6.07) is 9.52. The molecule has 0 amide bonds. The maximum absolute atomic E-state index is 5.76. The highest BCUT2D eigenvalue weighted by atomic mass is 35.5. The molecule has 1 aliphatic carbocycles. The molecule has 18 heavy (non-hydrogen) atoms. The van der Waals surface area contributed by atoms with E-state index in [0.717, 1.165) is 12.2 Å². The Balaban J connectivity index is 1.91. The summed E-state index contributed by atoms with van der Waals surface area (Å²) >= 11 is 5.69. The summed E-state index contributed by atoms with van der Waals surface area (Å²) in [7, 11) is 0. The van der Waals surface area contributed by atoms with Crippen molar-refractivity contribution in [2.45, 2.75) is 25.7 Å². The van der Waals surface area contributed by atoms with Crippen LogP contribution in [0, 0.1) is 0 Å². The van der Waals surface area contributed by atoms with E-state index < -0.39 is 0 Å². The van der Waals surface area contributed by atoms with Gasteiger partial charge >= 0.3 is 0 Å². The minimum Gasteiger partial charge on any atom is -0.437 e. The molecule has 92 valence electrons. The van der Waals surface area contributed by atoms with Crippen molar-refractivity contribution >= 4 is 11.6 Å². The molecule has 2 aromatic rings. The Morgan fingerprint density at radius 1 is 1.17 bits per heavy atom. The minimum atomic E-state index is 0.250. The lowest BCUT2D eigenvalue weighted by Crippen LogP contribution is -2.32. The van der Waals surface area contributed by atoms with Crippen LogP contribution >= 0.6 is 11.6 Å². The number of hydrogen-bond donors (Lipinski definition) is 0. The largest absolute Gasteiger partial charge is 0.437 e. The fourth-order valence-corrected chi connectivity index (χ4v) is 2.48. The molecule has 1 aromatic heterocycles. The fraction of sp³-hybridized carbons (Fsp3) is 0.286. The zero-order valence-corrected chi connectivity index (χ0v) is 11.0. The third kappa shape index (κ3) is 1.85. The molecule has 1 aromatic carbocycles. The zero-order chi connectivity index (χ0) is 12.8. The third-order valence-electron chi connectivity index (χ3n) is 3.30. The van der Waals surface area contributed by atoms with Crippen molar-refractivity contribution in [3.8, 4) is 11.6 Å². The second kappa shape index (κ2) is 3.95. The summed E-state index contributed by atoms with van der Waals surface area (Å²) in [4.78, 5) is 0. The van der Waals surface area contributed by atoms with Gasteiger partial charge in [-0.2, -0.15) is 0 Å². The second-order valence-electron chi connectivity index (χ2n) is 5.14. The summed E-state index contributed by atoms with van der Waals surface area (Å²) in [5.74, 6) is 1.33. The Morgan fingerprint density at radius 2 is 2.00 bits per heavy atom. The van der Waals surface area contributed by atoms with Crippen LogP contribution in [0.25, 0.3) is 0 Å². The Hall–Kier alpha value is -1.61. The van der Waals surface area contributed by atoms with E-state index in [0.29, 0.717) is 11.0 Å². The van der Waals surface area contributed by atoms with Gasteiger partial charge in [-0.05, 0) is 35.1 Å². The molecule has 3 nitrogen and oxygen atoms in total. The zero-order valence-electron chi connectivity index (χ0n) is 10.3. The van der Waals surface area contributed by atoms with Crippen molar-refractivity contribution in [1.29, 1.82) is 0 Å². The molecule has 0 saturated carbocycles. The van der Waals surface area contributed by atoms with Gasteiger partial charge in [0, 0.05) is 6.07 Å². The van der Waals surface area contributed by atoms with Gasteiger partial charge in [0.15, 0.2) is 5.15 Å². The molecule has 4 heteroatoms. The Kier molecular flexibility index (Phi) is 2.52. The second-order valence-corrected chi connectivity index (χ2v) is 5.53. The highest BCUT2D eigenvalue weighted by Crippen LogP contribution is 2.45. The van der Waals surface area contributed by atoms with Gasteiger partial charge in [-0.3, -0.25) is 0 Å². The summed E-state index contributed by atoms with van der Waals surface area (Å²) in [6.07, 6.45) is 1.03. The number of aromatic nitrogens is 2. The van der Waals surface area contributed by atoms with Gasteiger partial charge in [-0.25, -0.2) is 0 Å². The van der Waals surface area contributed by atoms with Crippen LogP contribution in [-0.2, 0) is 11.8 Å². The van der Waals surface area contributed by atoms with Crippen molar-refractivity contribution < 1.29 is 4.74 Å². The molecule has 3 rings (SSSR count). The molecule has 0 fully saturated rings. The normalized spacial score (nSPS) is 15.7. The first-order valence-corrected chi connectivity index (χ1v) is 6.23. The van der Waals surface area contributed by atoms with Crippen molar-refractivity contribution in [3.05, 3.63) is 46.6 Å².